The Labute approximate surface area is 109 Å². The Balaban J connectivity index is 3.16. The molecule has 0 heterocycles. The molecule has 1 aromatic carbocycles. The maximum absolute atomic E-state index is 12.2. The molecular formula is C10H9BrF3NO3. The Morgan fingerprint density at radius 1 is 1.39 bits per heavy atom. The van der Waals surface area contributed by atoms with Crippen LogP contribution in [0, 0.1) is 10.1 Å². The van der Waals surface area contributed by atoms with Crippen LogP contribution in [0.25, 0.3) is 0 Å². The quantitative estimate of drug-likeness (QED) is 0.469. The van der Waals surface area contributed by atoms with Crippen LogP contribution in [0.4, 0.5) is 18.9 Å². The SMILES string of the molecule is O=[N+]([O-])c1cccc(CCCBr)c1OC(F)(F)F. The van der Waals surface area contributed by atoms with Crippen molar-refractivity contribution in [3.8, 4) is 5.75 Å². The van der Waals surface area contributed by atoms with Gasteiger partial charge in [0.05, 0.1) is 4.92 Å². The molecule has 0 unspecified atom stereocenters. The van der Waals surface area contributed by atoms with Crippen LogP contribution >= 0.6 is 15.9 Å². The number of para-hydroxylation sites is 1. The fraction of sp³-hybridized carbons (Fsp3) is 0.400. The summed E-state index contributed by atoms with van der Waals surface area (Å²) in [6.45, 7) is 0. The highest BCUT2D eigenvalue weighted by atomic mass is 79.9. The number of ether oxygens (including phenoxy) is 1. The minimum Gasteiger partial charge on any atom is -0.398 e. The van der Waals surface area contributed by atoms with Crippen molar-refractivity contribution in [3.05, 3.63) is 33.9 Å². The number of hydrogen-bond donors (Lipinski definition) is 0. The first-order chi connectivity index (χ1) is 8.35. The zero-order valence-electron chi connectivity index (χ0n) is 9.04. The van der Waals surface area contributed by atoms with Crippen LogP contribution in [-0.2, 0) is 6.42 Å². The van der Waals surface area contributed by atoms with Gasteiger partial charge in [0.2, 0.25) is 5.75 Å². The molecule has 8 heteroatoms. The van der Waals surface area contributed by atoms with E-state index < -0.39 is 22.7 Å². The van der Waals surface area contributed by atoms with E-state index in [4.69, 9.17) is 0 Å². The zero-order valence-corrected chi connectivity index (χ0v) is 10.6. The molecule has 0 saturated heterocycles. The first kappa shape index (κ1) is 14.7. The van der Waals surface area contributed by atoms with Gasteiger partial charge in [-0.1, -0.05) is 28.1 Å². The lowest BCUT2D eigenvalue weighted by Gasteiger charge is -2.12. The fourth-order valence-corrected chi connectivity index (χ4v) is 1.68. The molecule has 1 aromatic rings. The van der Waals surface area contributed by atoms with E-state index in [2.05, 4.69) is 20.7 Å². The van der Waals surface area contributed by atoms with E-state index in [0.717, 1.165) is 6.07 Å². The van der Waals surface area contributed by atoms with E-state index in [0.29, 0.717) is 11.8 Å². The number of nitro groups is 1. The van der Waals surface area contributed by atoms with Crippen molar-refractivity contribution < 1.29 is 22.8 Å². The highest BCUT2D eigenvalue weighted by molar-refractivity contribution is 9.09. The molecule has 0 saturated carbocycles. The first-order valence-corrected chi connectivity index (χ1v) is 6.05. The highest BCUT2D eigenvalue weighted by Crippen LogP contribution is 2.35. The molecule has 0 radical (unpaired) electrons. The van der Waals surface area contributed by atoms with Gasteiger partial charge < -0.3 is 4.74 Å². The molecule has 100 valence electrons. The standard InChI is InChI=1S/C10H9BrF3NO3/c11-6-2-4-7-3-1-5-8(15(16)17)9(7)18-10(12,13)14/h1,3,5H,2,4,6H2. The summed E-state index contributed by atoms with van der Waals surface area (Å²) in [5.74, 6) is -0.726. The van der Waals surface area contributed by atoms with Crippen LogP contribution < -0.4 is 4.74 Å². The topological polar surface area (TPSA) is 52.4 Å². The van der Waals surface area contributed by atoms with Crippen molar-refractivity contribution in [2.45, 2.75) is 19.2 Å². The van der Waals surface area contributed by atoms with Crippen LogP contribution in [0.3, 0.4) is 0 Å². The second kappa shape index (κ2) is 6.03. The Hall–Kier alpha value is -1.31. The molecule has 0 spiro atoms. The monoisotopic (exact) mass is 327 g/mol. The second-order valence-corrected chi connectivity index (χ2v) is 4.16. The molecule has 1 rings (SSSR count). The van der Waals surface area contributed by atoms with Crippen molar-refractivity contribution in [3.63, 3.8) is 0 Å². The van der Waals surface area contributed by atoms with Crippen LogP contribution in [-0.4, -0.2) is 16.6 Å². The van der Waals surface area contributed by atoms with E-state index in [1.165, 1.54) is 12.1 Å². The highest BCUT2D eigenvalue weighted by Gasteiger charge is 2.35. The molecule has 0 aromatic heterocycles. The Morgan fingerprint density at radius 2 is 2.06 bits per heavy atom. The van der Waals surface area contributed by atoms with Gasteiger partial charge in [-0.15, -0.1) is 13.2 Å². The maximum Gasteiger partial charge on any atom is 0.573 e. The summed E-state index contributed by atoms with van der Waals surface area (Å²) in [7, 11) is 0. The number of aryl methyl sites for hydroxylation is 1. The molecule has 0 N–H and O–H groups in total. The van der Waals surface area contributed by atoms with Gasteiger partial charge in [0, 0.05) is 17.0 Å². The summed E-state index contributed by atoms with van der Waals surface area (Å²) in [5.41, 5.74) is -0.514. The van der Waals surface area contributed by atoms with Gasteiger partial charge in [0.1, 0.15) is 0 Å². The fourth-order valence-electron chi connectivity index (χ4n) is 1.40. The van der Waals surface area contributed by atoms with Gasteiger partial charge in [0.15, 0.2) is 0 Å². The lowest BCUT2D eigenvalue weighted by atomic mass is 10.1. The first-order valence-electron chi connectivity index (χ1n) is 4.93. The summed E-state index contributed by atoms with van der Waals surface area (Å²) in [4.78, 5) is 9.79. The molecule has 0 atom stereocenters. The van der Waals surface area contributed by atoms with Gasteiger partial charge in [0.25, 0.3) is 0 Å². The third kappa shape index (κ3) is 4.17. The number of benzene rings is 1. The van der Waals surface area contributed by atoms with Gasteiger partial charge in [-0.3, -0.25) is 10.1 Å². The Bertz CT molecular complexity index is 437. The van der Waals surface area contributed by atoms with Crippen molar-refractivity contribution in [1.82, 2.24) is 0 Å². The smallest absolute Gasteiger partial charge is 0.398 e. The molecular weight excluding hydrogens is 319 g/mol. The lowest BCUT2D eigenvalue weighted by Crippen LogP contribution is -2.19. The molecule has 0 amide bonds. The maximum atomic E-state index is 12.2. The van der Waals surface area contributed by atoms with Crippen LogP contribution in [0.15, 0.2) is 18.2 Å². The third-order valence-corrected chi connectivity index (χ3v) is 2.63. The molecule has 0 aliphatic carbocycles. The predicted octanol–water partition coefficient (Wildman–Crippen LogP) is 3.82. The summed E-state index contributed by atoms with van der Waals surface area (Å²) in [6, 6.07) is 3.71. The number of rotatable bonds is 5. The summed E-state index contributed by atoms with van der Waals surface area (Å²) in [6.07, 6.45) is -4.14. The van der Waals surface area contributed by atoms with Gasteiger partial charge in [-0.2, -0.15) is 0 Å². The molecule has 0 bridgehead atoms. The molecule has 0 fully saturated rings. The Morgan fingerprint density at radius 3 is 2.56 bits per heavy atom. The number of alkyl halides is 4. The molecule has 4 nitrogen and oxygen atoms in total. The van der Waals surface area contributed by atoms with Crippen LogP contribution in [0.1, 0.15) is 12.0 Å². The number of halogens is 4. The third-order valence-electron chi connectivity index (χ3n) is 2.07. The minimum absolute atomic E-state index is 0.168. The molecule has 0 aliphatic heterocycles. The summed E-state index contributed by atoms with van der Waals surface area (Å²) < 4.78 is 40.5. The number of nitro benzene ring substituents is 1. The van der Waals surface area contributed by atoms with Crippen molar-refractivity contribution in [1.29, 1.82) is 0 Å². The zero-order chi connectivity index (χ0) is 13.8. The molecule has 18 heavy (non-hydrogen) atoms. The van der Waals surface area contributed by atoms with Crippen LogP contribution in [0.2, 0.25) is 0 Å². The van der Waals surface area contributed by atoms with E-state index in [1.54, 1.807) is 0 Å². The Kier molecular flexibility index (Phi) is 4.94. The summed E-state index contributed by atoms with van der Waals surface area (Å²) >= 11 is 3.14. The van der Waals surface area contributed by atoms with E-state index >= 15 is 0 Å². The average molecular weight is 328 g/mol. The van der Waals surface area contributed by atoms with Crippen LogP contribution in [0.5, 0.6) is 5.75 Å². The predicted molar refractivity (Wildman–Crippen MR) is 61.9 cm³/mol. The normalized spacial score (nSPS) is 11.3. The average Bonchev–Trinajstić information content (AvgIpc) is 2.25. The summed E-state index contributed by atoms with van der Waals surface area (Å²) in [5, 5.41) is 11.3. The van der Waals surface area contributed by atoms with E-state index in [-0.39, 0.29) is 12.0 Å². The van der Waals surface area contributed by atoms with E-state index in [9.17, 15) is 23.3 Å². The second-order valence-electron chi connectivity index (χ2n) is 3.36. The van der Waals surface area contributed by atoms with Gasteiger partial charge in [-0.25, -0.2) is 0 Å². The largest absolute Gasteiger partial charge is 0.573 e. The van der Waals surface area contributed by atoms with Crippen molar-refractivity contribution in [2.75, 3.05) is 5.33 Å². The number of nitrogens with zero attached hydrogens (tertiary/aromatic N) is 1. The van der Waals surface area contributed by atoms with E-state index in [1.807, 2.05) is 0 Å². The minimum atomic E-state index is -4.95. The van der Waals surface area contributed by atoms with Gasteiger partial charge >= 0.3 is 12.0 Å². The number of hydrogen-bond acceptors (Lipinski definition) is 3. The van der Waals surface area contributed by atoms with Gasteiger partial charge in [-0.05, 0) is 12.8 Å². The van der Waals surface area contributed by atoms with Crippen molar-refractivity contribution >= 4 is 21.6 Å². The molecule has 0 aliphatic rings. The van der Waals surface area contributed by atoms with Crippen molar-refractivity contribution in [2.24, 2.45) is 0 Å². The lowest BCUT2D eigenvalue weighted by molar-refractivity contribution is -0.388.